The molecular formula is C8H13N3O3S. The van der Waals surface area contributed by atoms with Gasteiger partial charge in [0.1, 0.15) is 12.6 Å². The molecule has 0 aliphatic heterocycles. The fourth-order valence-electron chi connectivity index (χ4n) is 0.688. The van der Waals surface area contributed by atoms with Gasteiger partial charge in [-0.15, -0.1) is 0 Å². The zero-order valence-corrected chi connectivity index (χ0v) is 8.92. The molecule has 0 saturated heterocycles. The summed E-state index contributed by atoms with van der Waals surface area (Å²) >= 11 is 1.29. The second-order valence-corrected chi connectivity index (χ2v) is 3.83. The molecule has 84 valence electrons. The molecule has 4 N–H and O–H groups in total. The zero-order chi connectivity index (χ0) is 11.7. The van der Waals surface area contributed by atoms with E-state index in [2.05, 4.69) is 5.32 Å². The Labute approximate surface area is 91.8 Å². The molecule has 0 saturated carbocycles. The highest BCUT2D eigenvalue weighted by Crippen LogP contribution is 2.03. The standard InChI is InChI=1S/C8H13N3O3S/c9-2-3-11-7(12)5-15-4-1-6(10)8(13)14/h6H,1,3-5,10H2,(H,11,12)(H,13,14). The fraction of sp³-hybridized carbons (Fsp3) is 0.625. The first-order valence-corrected chi connectivity index (χ1v) is 5.43. The minimum absolute atomic E-state index is 0.00592. The van der Waals surface area contributed by atoms with Crippen LogP contribution in [-0.2, 0) is 9.59 Å². The second kappa shape index (κ2) is 8.08. The van der Waals surface area contributed by atoms with Gasteiger partial charge in [-0.1, -0.05) is 0 Å². The third kappa shape index (κ3) is 7.78. The number of rotatable bonds is 7. The van der Waals surface area contributed by atoms with Crippen LogP contribution in [0.3, 0.4) is 0 Å². The third-order valence-electron chi connectivity index (χ3n) is 1.49. The van der Waals surface area contributed by atoms with Crippen LogP contribution in [0.5, 0.6) is 0 Å². The summed E-state index contributed by atoms with van der Waals surface area (Å²) in [6.45, 7) is -0.00592. The molecule has 0 aliphatic rings. The van der Waals surface area contributed by atoms with Crippen molar-refractivity contribution in [3.05, 3.63) is 0 Å². The zero-order valence-electron chi connectivity index (χ0n) is 8.10. The summed E-state index contributed by atoms with van der Waals surface area (Å²) in [7, 11) is 0. The van der Waals surface area contributed by atoms with Crippen molar-refractivity contribution in [3.8, 4) is 6.07 Å². The highest BCUT2D eigenvalue weighted by atomic mass is 32.2. The lowest BCUT2D eigenvalue weighted by Gasteiger charge is -2.05. The summed E-state index contributed by atoms with van der Waals surface area (Å²) in [5, 5.41) is 19.0. The van der Waals surface area contributed by atoms with Crippen LogP contribution in [0.4, 0.5) is 0 Å². The molecule has 6 nitrogen and oxygen atoms in total. The molecule has 1 unspecified atom stereocenters. The van der Waals surface area contributed by atoms with Gasteiger partial charge < -0.3 is 16.2 Å². The Kier molecular flexibility index (Phi) is 7.40. The van der Waals surface area contributed by atoms with Crippen molar-refractivity contribution in [2.75, 3.05) is 18.1 Å². The number of thioether (sulfide) groups is 1. The van der Waals surface area contributed by atoms with Crippen LogP contribution in [0.25, 0.3) is 0 Å². The summed E-state index contributed by atoms with van der Waals surface area (Å²) in [6, 6.07) is 0.908. The van der Waals surface area contributed by atoms with Gasteiger partial charge in [0, 0.05) is 0 Å². The smallest absolute Gasteiger partial charge is 0.320 e. The normalized spacial score (nSPS) is 11.5. The van der Waals surface area contributed by atoms with Gasteiger partial charge in [-0.25, -0.2) is 0 Å². The first-order chi connectivity index (χ1) is 7.07. The number of nitrogens with one attached hydrogen (secondary N) is 1. The summed E-state index contributed by atoms with van der Waals surface area (Å²) in [6.07, 6.45) is 0.325. The van der Waals surface area contributed by atoms with Gasteiger partial charge in [0.15, 0.2) is 0 Å². The van der Waals surface area contributed by atoms with E-state index in [4.69, 9.17) is 16.1 Å². The van der Waals surface area contributed by atoms with Gasteiger partial charge in [-0.05, 0) is 12.2 Å². The van der Waals surface area contributed by atoms with Crippen LogP contribution < -0.4 is 11.1 Å². The average molecular weight is 231 g/mol. The van der Waals surface area contributed by atoms with Crippen LogP contribution in [0, 0.1) is 11.3 Å². The topological polar surface area (TPSA) is 116 Å². The van der Waals surface area contributed by atoms with Crippen LogP contribution in [0.2, 0.25) is 0 Å². The molecular weight excluding hydrogens is 218 g/mol. The Morgan fingerprint density at radius 1 is 1.60 bits per heavy atom. The third-order valence-corrected chi connectivity index (χ3v) is 2.48. The fourth-order valence-corrected chi connectivity index (χ4v) is 1.54. The molecule has 0 radical (unpaired) electrons. The summed E-state index contributed by atoms with van der Waals surface area (Å²) in [5.74, 6) is -0.545. The Morgan fingerprint density at radius 2 is 2.27 bits per heavy atom. The molecule has 0 spiro atoms. The number of carboxylic acids is 1. The molecule has 0 aromatic heterocycles. The molecule has 0 aromatic rings. The molecule has 15 heavy (non-hydrogen) atoms. The van der Waals surface area contributed by atoms with E-state index in [1.54, 1.807) is 6.07 Å². The largest absolute Gasteiger partial charge is 0.480 e. The average Bonchev–Trinajstić information content (AvgIpc) is 2.20. The van der Waals surface area contributed by atoms with Crippen molar-refractivity contribution >= 4 is 23.6 Å². The number of nitrogens with two attached hydrogens (primary N) is 1. The maximum absolute atomic E-state index is 10.9. The van der Waals surface area contributed by atoms with Crippen molar-refractivity contribution in [3.63, 3.8) is 0 Å². The van der Waals surface area contributed by atoms with Gasteiger partial charge in [-0.3, -0.25) is 9.59 Å². The van der Waals surface area contributed by atoms with E-state index in [1.807, 2.05) is 0 Å². The van der Waals surface area contributed by atoms with E-state index in [9.17, 15) is 9.59 Å². The Morgan fingerprint density at radius 3 is 2.80 bits per heavy atom. The van der Waals surface area contributed by atoms with Gasteiger partial charge in [-0.2, -0.15) is 17.0 Å². The number of carbonyl (C=O) groups excluding carboxylic acids is 1. The van der Waals surface area contributed by atoms with E-state index >= 15 is 0 Å². The Balaban J connectivity index is 3.43. The number of nitrogens with zero attached hydrogens (tertiary/aromatic N) is 1. The molecule has 0 heterocycles. The Bertz CT molecular complexity index is 264. The Hall–Kier alpha value is -1.26. The minimum atomic E-state index is -1.04. The van der Waals surface area contributed by atoms with Gasteiger partial charge in [0.25, 0.3) is 0 Å². The van der Waals surface area contributed by atoms with Crippen LogP contribution in [0.1, 0.15) is 6.42 Å². The molecule has 0 rings (SSSR count). The number of carboxylic acid groups (broad SMARTS) is 1. The predicted octanol–water partition coefficient (Wildman–Crippen LogP) is -0.839. The molecule has 0 aromatic carbocycles. The molecule has 0 fully saturated rings. The lowest BCUT2D eigenvalue weighted by molar-refractivity contribution is -0.138. The number of hydrogen-bond acceptors (Lipinski definition) is 5. The highest BCUT2D eigenvalue weighted by Gasteiger charge is 2.10. The first kappa shape index (κ1) is 13.7. The number of carbonyl (C=O) groups is 2. The number of nitriles is 1. The van der Waals surface area contributed by atoms with Crippen LogP contribution in [-0.4, -0.2) is 41.1 Å². The van der Waals surface area contributed by atoms with Crippen molar-refractivity contribution in [1.82, 2.24) is 5.32 Å². The highest BCUT2D eigenvalue weighted by molar-refractivity contribution is 7.99. The van der Waals surface area contributed by atoms with Crippen molar-refractivity contribution < 1.29 is 14.7 Å². The van der Waals surface area contributed by atoms with E-state index in [1.165, 1.54) is 11.8 Å². The van der Waals surface area contributed by atoms with Crippen LogP contribution in [0.15, 0.2) is 0 Å². The van der Waals surface area contributed by atoms with Gasteiger partial charge in [0.05, 0.1) is 11.8 Å². The predicted molar refractivity (Wildman–Crippen MR) is 56.2 cm³/mol. The lowest BCUT2D eigenvalue weighted by Crippen LogP contribution is -2.31. The van der Waals surface area contributed by atoms with E-state index in [0.717, 1.165) is 0 Å². The maximum Gasteiger partial charge on any atom is 0.320 e. The molecule has 0 bridgehead atoms. The summed E-state index contributed by atoms with van der Waals surface area (Å²) in [4.78, 5) is 21.3. The van der Waals surface area contributed by atoms with Crippen LogP contribution >= 0.6 is 11.8 Å². The SMILES string of the molecule is N#CCNC(=O)CSCCC(N)C(=O)O. The van der Waals surface area contributed by atoms with Gasteiger partial charge >= 0.3 is 5.97 Å². The number of aliphatic carboxylic acids is 1. The second-order valence-electron chi connectivity index (χ2n) is 2.72. The van der Waals surface area contributed by atoms with Crippen molar-refractivity contribution in [2.24, 2.45) is 5.73 Å². The lowest BCUT2D eigenvalue weighted by atomic mass is 10.2. The van der Waals surface area contributed by atoms with E-state index < -0.39 is 12.0 Å². The summed E-state index contributed by atoms with van der Waals surface area (Å²) < 4.78 is 0. The van der Waals surface area contributed by atoms with Crippen molar-refractivity contribution in [2.45, 2.75) is 12.5 Å². The quantitative estimate of drug-likeness (QED) is 0.388. The first-order valence-electron chi connectivity index (χ1n) is 4.27. The maximum atomic E-state index is 10.9. The minimum Gasteiger partial charge on any atom is -0.480 e. The number of hydrogen-bond donors (Lipinski definition) is 3. The van der Waals surface area contributed by atoms with E-state index in [0.29, 0.717) is 12.2 Å². The molecule has 1 atom stereocenters. The molecule has 7 heteroatoms. The number of amides is 1. The van der Waals surface area contributed by atoms with Crippen molar-refractivity contribution in [1.29, 1.82) is 5.26 Å². The summed E-state index contributed by atoms with van der Waals surface area (Å²) in [5.41, 5.74) is 5.26. The van der Waals surface area contributed by atoms with Gasteiger partial charge in [0.2, 0.25) is 5.91 Å². The molecule has 1 amide bonds. The van der Waals surface area contributed by atoms with E-state index in [-0.39, 0.29) is 18.2 Å². The molecule has 0 aliphatic carbocycles. The monoisotopic (exact) mass is 231 g/mol.